The van der Waals surface area contributed by atoms with Crippen molar-refractivity contribution in [2.45, 2.75) is 40.0 Å². The van der Waals surface area contributed by atoms with Crippen molar-refractivity contribution in [1.82, 2.24) is 0 Å². The van der Waals surface area contributed by atoms with E-state index in [0.29, 0.717) is 0 Å². The third-order valence-electron chi connectivity index (χ3n) is 3.33. The minimum absolute atomic E-state index is 0.0680. The molecule has 12 heteroatoms. The second kappa shape index (κ2) is 14.2. The number of rotatable bonds is 12. The summed E-state index contributed by atoms with van der Waals surface area (Å²) >= 11 is 0. The lowest BCUT2D eigenvalue weighted by Crippen LogP contribution is -2.18. The van der Waals surface area contributed by atoms with E-state index in [-0.39, 0.29) is 37.1 Å². The summed E-state index contributed by atoms with van der Waals surface area (Å²) in [5.41, 5.74) is 0. The third-order valence-corrected chi connectivity index (χ3v) is 3.33. The maximum absolute atomic E-state index is 11.9. The van der Waals surface area contributed by atoms with E-state index in [2.05, 4.69) is 14.2 Å². The monoisotopic (exact) mass is 468 g/mol. The Morgan fingerprint density at radius 3 is 0.939 bits per heavy atom. The van der Waals surface area contributed by atoms with Crippen LogP contribution < -0.4 is 14.2 Å². The Hall–Kier alpha value is -3.96. The Morgan fingerprint density at radius 2 is 0.727 bits per heavy atom. The third kappa shape index (κ3) is 11.3. The fraction of sp³-hybridized carbons (Fsp3) is 0.429. The molecule has 0 atom stereocenters. The Morgan fingerprint density at radius 1 is 0.485 bits per heavy atom. The topological polar surface area (TPSA) is 158 Å². The molecular formula is C21H24O12. The molecule has 0 bridgehead atoms. The van der Waals surface area contributed by atoms with Crippen LogP contribution in [0, 0.1) is 0 Å². The minimum atomic E-state index is -0.993. The van der Waals surface area contributed by atoms with Crippen LogP contribution in [0.1, 0.15) is 40.0 Å². The molecule has 0 amide bonds. The van der Waals surface area contributed by atoms with Gasteiger partial charge in [0.15, 0.2) is 0 Å². The van der Waals surface area contributed by atoms with E-state index in [0.717, 1.165) is 18.2 Å². The van der Waals surface area contributed by atoms with Crippen molar-refractivity contribution in [3.63, 3.8) is 0 Å². The van der Waals surface area contributed by atoms with E-state index in [1.54, 1.807) is 20.8 Å². The van der Waals surface area contributed by atoms with E-state index >= 15 is 0 Å². The number of carbonyl (C=O) groups is 6. The molecule has 0 N–H and O–H groups in total. The van der Waals surface area contributed by atoms with E-state index in [1.165, 1.54) is 0 Å². The summed E-state index contributed by atoms with van der Waals surface area (Å²) < 4.78 is 29.0. The minimum Gasteiger partial charge on any atom is -0.466 e. The molecule has 0 radical (unpaired) electrons. The van der Waals surface area contributed by atoms with Crippen LogP contribution in [-0.4, -0.2) is 55.6 Å². The van der Waals surface area contributed by atoms with E-state index in [9.17, 15) is 28.8 Å². The van der Waals surface area contributed by atoms with Crippen LogP contribution in [0.2, 0.25) is 0 Å². The number of carbonyl (C=O) groups excluding carboxylic acids is 6. The van der Waals surface area contributed by atoms with Crippen LogP contribution in [0.5, 0.6) is 17.2 Å². The van der Waals surface area contributed by atoms with Gasteiger partial charge < -0.3 is 28.4 Å². The highest BCUT2D eigenvalue weighted by atomic mass is 16.6. The first-order valence-corrected chi connectivity index (χ1v) is 9.90. The van der Waals surface area contributed by atoms with Gasteiger partial charge >= 0.3 is 35.8 Å². The summed E-state index contributed by atoms with van der Waals surface area (Å²) in [6, 6.07) is 3.28. The van der Waals surface area contributed by atoms with Crippen molar-refractivity contribution in [2.75, 3.05) is 19.8 Å². The van der Waals surface area contributed by atoms with Gasteiger partial charge in [-0.05, 0) is 20.8 Å². The fourth-order valence-corrected chi connectivity index (χ4v) is 2.21. The van der Waals surface area contributed by atoms with Crippen molar-refractivity contribution >= 4 is 35.8 Å². The SMILES string of the molecule is CCOC(=O)CC(=O)Oc1cc(OC(=O)CC(=O)OCC)cc(OC(=O)CC(=O)OCC)c1. The van der Waals surface area contributed by atoms with Gasteiger partial charge in [0, 0.05) is 18.2 Å². The van der Waals surface area contributed by atoms with Crippen molar-refractivity contribution in [2.24, 2.45) is 0 Å². The van der Waals surface area contributed by atoms with Gasteiger partial charge in [-0.25, -0.2) is 0 Å². The molecule has 0 aliphatic carbocycles. The van der Waals surface area contributed by atoms with Crippen LogP contribution in [0.15, 0.2) is 18.2 Å². The van der Waals surface area contributed by atoms with Crippen molar-refractivity contribution in [3.8, 4) is 17.2 Å². The van der Waals surface area contributed by atoms with Gasteiger partial charge in [0.2, 0.25) is 0 Å². The van der Waals surface area contributed by atoms with E-state index in [4.69, 9.17) is 14.2 Å². The molecule has 0 unspecified atom stereocenters. The van der Waals surface area contributed by atoms with Crippen LogP contribution in [0.3, 0.4) is 0 Å². The predicted octanol–water partition coefficient (Wildman–Crippen LogP) is 1.26. The Bertz CT molecular complexity index is 763. The van der Waals surface area contributed by atoms with Crippen LogP contribution >= 0.6 is 0 Å². The van der Waals surface area contributed by atoms with Crippen LogP contribution in [-0.2, 0) is 43.0 Å². The van der Waals surface area contributed by atoms with Crippen molar-refractivity contribution in [1.29, 1.82) is 0 Å². The molecule has 33 heavy (non-hydrogen) atoms. The molecule has 1 aromatic rings. The highest BCUT2D eigenvalue weighted by Crippen LogP contribution is 2.29. The summed E-state index contributed by atoms with van der Waals surface area (Å²) in [7, 11) is 0. The molecular weight excluding hydrogens is 444 g/mol. The summed E-state index contributed by atoms with van der Waals surface area (Å²) in [6.45, 7) is 4.90. The fourth-order valence-electron chi connectivity index (χ4n) is 2.21. The standard InChI is InChI=1S/C21H24O12/c1-4-28-16(22)10-19(25)31-13-7-14(32-20(26)11-17(23)29-5-2)9-15(8-13)33-21(27)12-18(24)30-6-3/h7-9H,4-6,10-12H2,1-3H3. The summed E-state index contributed by atoms with van der Waals surface area (Å²) in [6.07, 6.45) is -2.09. The molecule has 0 aliphatic heterocycles. The molecule has 12 nitrogen and oxygen atoms in total. The van der Waals surface area contributed by atoms with E-state index in [1.807, 2.05) is 0 Å². The molecule has 0 aliphatic rings. The lowest BCUT2D eigenvalue weighted by Gasteiger charge is -2.11. The molecule has 0 heterocycles. The molecule has 0 spiro atoms. The molecule has 1 rings (SSSR count). The Balaban J connectivity index is 3.01. The molecule has 0 fully saturated rings. The molecule has 180 valence electrons. The quantitative estimate of drug-likeness (QED) is 0.187. The number of hydrogen-bond donors (Lipinski definition) is 0. The normalized spacial score (nSPS) is 9.91. The van der Waals surface area contributed by atoms with Gasteiger partial charge in [-0.15, -0.1) is 0 Å². The highest BCUT2D eigenvalue weighted by molar-refractivity contribution is 5.94. The van der Waals surface area contributed by atoms with Gasteiger partial charge in [0.05, 0.1) is 19.8 Å². The second-order valence-corrected chi connectivity index (χ2v) is 6.01. The zero-order chi connectivity index (χ0) is 24.8. The lowest BCUT2D eigenvalue weighted by atomic mass is 10.3. The Labute approximate surface area is 189 Å². The van der Waals surface area contributed by atoms with Gasteiger partial charge in [-0.3, -0.25) is 28.8 Å². The number of benzene rings is 1. The molecule has 0 saturated heterocycles. The highest BCUT2D eigenvalue weighted by Gasteiger charge is 2.19. The number of hydrogen-bond acceptors (Lipinski definition) is 12. The smallest absolute Gasteiger partial charge is 0.322 e. The lowest BCUT2D eigenvalue weighted by molar-refractivity contribution is -0.151. The summed E-state index contributed by atoms with van der Waals surface area (Å²) in [5, 5.41) is 0. The average Bonchev–Trinajstić information content (AvgIpc) is 2.67. The van der Waals surface area contributed by atoms with Gasteiger partial charge in [-0.1, -0.05) is 0 Å². The number of ether oxygens (including phenoxy) is 6. The van der Waals surface area contributed by atoms with E-state index < -0.39 is 55.1 Å². The van der Waals surface area contributed by atoms with Crippen molar-refractivity contribution in [3.05, 3.63) is 18.2 Å². The predicted molar refractivity (Wildman–Crippen MR) is 107 cm³/mol. The van der Waals surface area contributed by atoms with Gasteiger partial charge in [0.1, 0.15) is 36.5 Å². The largest absolute Gasteiger partial charge is 0.466 e. The first-order valence-electron chi connectivity index (χ1n) is 9.90. The summed E-state index contributed by atoms with van der Waals surface area (Å²) in [5.74, 6) is -6.17. The molecule has 0 saturated carbocycles. The maximum atomic E-state index is 11.9. The van der Waals surface area contributed by atoms with Gasteiger partial charge in [-0.2, -0.15) is 0 Å². The van der Waals surface area contributed by atoms with Crippen LogP contribution in [0.25, 0.3) is 0 Å². The number of esters is 6. The van der Waals surface area contributed by atoms with Gasteiger partial charge in [0.25, 0.3) is 0 Å². The second-order valence-electron chi connectivity index (χ2n) is 6.01. The first kappa shape index (κ1) is 27.1. The average molecular weight is 468 g/mol. The zero-order valence-corrected chi connectivity index (χ0v) is 18.4. The van der Waals surface area contributed by atoms with Crippen molar-refractivity contribution < 1.29 is 57.2 Å². The molecule has 1 aromatic carbocycles. The first-order chi connectivity index (χ1) is 15.7. The molecule has 0 aromatic heterocycles. The maximum Gasteiger partial charge on any atom is 0.322 e. The summed E-state index contributed by atoms with van der Waals surface area (Å²) in [4.78, 5) is 70.1. The van der Waals surface area contributed by atoms with Crippen LogP contribution in [0.4, 0.5) is 0 Å². The zero-order valence-electron chi connectivity index (χ0n) is 18.4. The Kier molecular flexibility index (Phi) is 11.6.